The SMILES string of the molecule is Cc1cccc(-c2nnc(SC(C)C(=O)Nc3cccc(Cl)c3)n2C)c1. The molecule has 1 atom stereocenters. The van der Waals surface area contributed by atoms with Gasteiger partial charge in [-0.3, -0.25) is 4.79 Å². The Morgan fingerprint density at radius 3 is 2.69 bits per heavy atom. The van der Waals surface area contributed by atoms with Crippen LogP contribution in [-0.4, -0.2) is 25.9 Å². The van der Waals surface area contributed by atoms with E-state index in [1.54, 1.807) is 24.3 Å². The molecule has 3 rings (SSSR count). The number of hydrogen-bond acceptors (Lipinski definition) is 4. The summed E-state index contributed by atoms with van der Waals surface area (Å²) in [5.74, 6) is 0.663. The lowest BCUT2D eigenvalue weighted by Crippen LogP contribution is -2.22. The summed E-state index contributed by atoms with van der Waals surface area (Å²) in [6.07, 6.45) is 0. The number of thioether (sulfide) groups is 1. The van der Waals surface area contributed by atoms with E-state index in [1.165, 1.54) is 11.8 Å². The maximum Gasteiger partial charge on any atom is 0.237 e. The summed E-state index contributed by atoms with van der Waals surface area (Å²) < 4.78 is 1.91. The monoisotopic (exact) mass is 386 g/mol. The third-order valence-electron chi connectivity index (χ3n) is 3.85. The van der Waals surface area contributed by atoms with Crippen LogP contribution in [0, 0.1) is 6.92 Å². The van der Waals surface area contributed by atoms with Gasteiger partial charge in [0.25, 0.3) is 0 Å². The van der Waals surface area contributed by atoms with Gasteiger partial charge in [-0.2, -0.15) is 0 Å². The topological polar surface area (TPSA) is 59.8 Å². The van der Waals surface area contributed by atoms with E-state index in [-0.39, 0.29) is 11.2 Å². The van der Waals surface area contributed by atoms with Crippen molar-refractivity contribution in [1.82, 2.24) is 14.8 Å². The van der Waals surface area contributed by atoms with E-state index in [9.17, 15) is 4.79 Å². The average Bonchev–Trinajstić information content (AvgIpc) is 2.95. The number of carbonyl (C=O) groups excluding carboxylic acids is 1. The lowest BCUT2D eigenvalue weighted by Gasteiger charge is -2.12. The van der Waals surface area contributed by atoms with Crippen molar-refractivity contribution in [1.29, 1.82) is 0 Å². The van der Waals surface area contributed by atoms with Crippen molar-refractivity contribution in [3.63, 3.8) is 0 Å². The molecule has 1 heterocycles. The van der Waals surface area contributed by atoms with Gasteiger partial charge in [0, 0.05) is 23.3 Å². The molecule has 0 aliphatic carbocycles. The Kier molecular flexibility index (Phi) is 5.64. The van der Waals surface area contributed by atoms with E-state index in [4.69, 9.17) is 11.6 Å². The number of hydrogen-bond donors (Lipinski definition) is 1. The van der Waals surface area contributed by atoms with E-state index in [0.29, 0.717) is 15.9 Å². The fourth-order valence-corrected chi connectivity index (χ4v) is 3.48. The van der Waals surface area contributed by atoms with Crippen LogP contribution in [0.15, 0.2) is 53.7 Å². The molecule has 1 aromatic heterocycles. The standard InChI is InChI=1S/C19H19ClN4OS/c1-12-6-4-7-14(10-12)17-22-23-19(24(17)3)26-13(2)18(25)21-16-9-5-8-15(20)11-16/h4-11,13H,1-3H3,(H,21,25). The number of aryl methyl sites for hydroxylation is 1. The predicted octanol–water partition coefficient (Wildman–Crippen LogP) is 4.56. The van der Waals surface area contributed by atoms with Crippen molar-refractivity contribution >= 4 is 35.0 Å². The maximum absolute atomic E-state index is 12.4. The Morgan fingerprint density at radius 2 is 1.96 bits per heavy atom. The summed E-state index contributed by atoms with van der Waals surface area (Å²) in [4.78, 5) is 12.4. The van der Waals surface area contributed by atoms with E-state index in [2.05, 4.69) is 21.6 Å². The van der Waals surface area contributed by atoms with E-state index < -0.39 is 0 Å². The van der Waals surface area contributed by atoms with Gasteiger partial charge in [0.05, 0.1) is 5.25 Å². The zero-order valence-electron chi connectivity index (χ0n) is 14.7. The fraction of sp³-hybridized carbons (Fsp3) is 0.211. The van der Waals surface area contributed by atoms with E-state index in [0.717, 1.165) is 17.0 Å². The zero-order chi connectivity index (χ0) is 18.7. The molecule has 0 saturated carbocycles. The van der Waals surface area contributed by atoms with Crippen molar-refractivity contribution in [2.75, 3.05) is 5.32 Å². The highest BCUT2D eigenvalue weighted by Gasteiger charge is 2.19. The number of benzene rings is 2. The molecule has 2 aromatic carbocycles. The van der Waals surface area contributed by atoms with Gasteiger partial charge >= 0.3 is 0 Å². The first-order valence-electron chi connectivity index (χ1n) is 8.13. The van der Waals surface area contributed by atoms with Crippen molar-refractivity contribution in [3.05, 3.63) is 59.1 Å². The Bertz CT molecular complexity index is 941. The highest BCUT2D eigenvalue weighted by molar-refractivity contribution is 8.00. The highest BCUT2D eigenvalue weighted by atomic mass is 35.5. The third-order valence-corrected chi connectivity index (χ3v) is 5.22. The minimum atomic E-state index is -0.331. The Labute approximate surface area is 161 Å². The molecule has 0 aliphatic heterocycles. The summed E-state index contributed by atoms with van der Waals surface area (Å²) in [6, 6.07) is 15.2. The third kappa shape index (κ3) is 4.26. The normalized spacial score (nSPS) is 12.0. The molecule has 1 unspecified atom stereocenters. The molecule has 0 bridgehead atoms. The number of nitrogens with one attached hydrogen (secondary N) is 1. The minimum Gasteiger partial charge on any atom is -0.325 e. The molecule has 0 radical (unpaired) electrons. The summed E-state index contributed by atoms with van der Waals surface area (Å²) in [5.41, 5.74) is 2.84. The number of nitrogens with zero attached hydrogens (tertiary/aromatic N) is 3. The van der Waals surface area contributed by atoms with Crippen LogP contribution in [0.3, 0.4) is 0 Å². The van der Waals surface area contributed by atoms with Gasteiger partial charge in [0.1, 0.15) is 0 Å². The first-order chi connectivity index (χ1) is 12.4. The summed E-state index contributed by atoms with van der Waals surface area (Å²) in [5, 5.41) is 12.3. The second-order valence-electron chi connectivity index (χ2n) is 5.99. The molecule has 0 spiro atoms. The number of halogens is 1. The van der Waals surface area contributed by atoms with Gasteiger partial charge in [-0.15, -0.1) is 10.2 Å². The Balaban J connectivity index is 1.71. The molecule has 5 nitrogen and oxygen atoms in total. The first kappa shape index (κ1) is 18.5. The van der Waals surface area contributed by atoms with Crippen LogP contribution in [0.5, 0.6) is 0 Å². The predicted molar refractivity (Wildman–Crippen MR) is 107 cm³/mol. The smallest absolute Gasteiger partial charge is 0.237 e. The summed E-state index contributed by atoms with van der Waals surface area (Å²) in [7, 11) is 1.90. The Morgan fingerprint density at radius 1 is 1.19 bits per heavy atom. The molecule has 0 fully saturated rings. The van der Waals surface area contributed by atoms with Crippen LogP contribution in [0.4, 0.5) is 5.69 Å². The zero-order valence-corrected chi connectivity index (χ0v) is 16.3. The van der Waals surface area contributed by atoms with Gasteiger partial charge in [-0.25, -0.2) is 0 Å². The van der Waals surface area contributed by atoms with Crippen LogP contribution in [-0.2, 0) is 11.8 Å². The quantitative estimate of drug-likeness (QED) is 0.653. The number of aromatic nitrogens is 3. The molecule has 0 saturated heterocycles. The minimum absolute atomic E-state index is 0.114. The van der Waals surface area contributed by atoms with Crippen LogP contribution in [0.2, 0.25) is 5.02 Å². The second kappa shape index (κ2) is 7.93. The summed E-state index contributed by atoms with van der Waals surface area (Å²) >= 11 is 7.32. The van der Waals surface area contributed by atoms with Gasteiger partial charge in [-0.05, 0) is 38.1 Å². The van der Waals surface area contributed by atoms with Crippen LogP contribution >= 0.6 is 23.4 Å². The van der Waals surface area contributed by atoms with Crippen molar-refractivity contribution in [2.45, 2.75) is 24.3 Å². The lowest BCUT2D eigenvalue weighted by atomic mass is 10.1. The molecule has 7 heteroatoms. The van der Waals surface area contributed by atoms with E-state index in [1.807, 2.05) is 43.7 Å². The number of rotatable bonds is 5. The van der Waals surface area contributed by atoms with Gasteiger partial charge < -0.3 is 9.88 Å². The molecule has 1 N–H and O–H groups in total. The number of anilines is 1. The highest BCUT2D eigenvalue weighted by Crippen LogP contribution is 2.27. The van der Waals surface area contributed by atoms with Crippen LogP contribution in [0.25, 0.3) is 11.4 Å². The second-order valence-corrected chi connectivity index (χ2v) is 7.74. The molecule has 3 aromatic rings. The number of amides is 1. The first-order valence-corrected chi connectivity index (χ1v) is 9.39. The molecule has 0 aliphatic rings. The molecular formula is C19H19ClN4OS. The molecular weight excluding hydrogens is 368 g/mol. The maximum atomic E-state index is 12.4. The Hall–Kier alpha value is -2.31. The molecule has 134 valence electrons. The molecule has 26 heavy (non-hydrogen) atoms. The van der Waals surface area contributed by atoms with Gasteiger partial charge in [0.2, 0.25) is 5.91 Å². The lowest BCUT2D eigenvalue weighted by molar-refractivity contribution is -0.115. The van der Waals surface area contributed by atoms with Crippen LogP contribution < -0.4 is 5.32 Å². The largest absolute Gasteiger partial charge is 0.325 e. The van der Waals surface area contributed by atoms with Crippen LogP contribution in [0.1, 0.15) is 12.5 Å². The molecule has 1 amide bonds. The van der Waals surface area contributed by atoms with E-state index >= 15 is 0 Å². The van der Waals surface area contributed by atoms with Crippen molar-refractivity contribution < 1.29 is 4.79 Å². The number of carbonyl (C=O) groups is 1. The average molecular weight is 387 g/mol. The van der Waals surface area contributed by atoms with Crippen molar-refractivity contribution in [3.8, 4) is 11.4 Å². The van der Waals surface area contributed by atoms with Gasteiger partial charge in [-0.1, -0.05) is 53.2 Å². The van der Waals surface area contributed by atoms with Gasteiger partial charge in [0.15, 0.2) is 11.0 Å². The summed E-state index contributed by atoms with van der Waals surface area (Å²) in [6.45, 7) is 3.88. The van der Waals surface area contributed by atoms with Crippen molar-refractivity contribution in [2.24, 2.45) is 7.05 Å². The fourth-order valence-electron chi connectivity index (χ4n) is 2.47.